The second-order valence-electron chi connectivity index (χ2n) is 3.74. The molecule has 1 N–H and O–H groups in total. The van der Waals surface area contributed by atoms with Crippen LogP contribution < -0.4 is 5.32 Å². The Morgan fingerprint density at radius 1 is 1.53 bits per heavy atom. The van der Waals surface area contributed by atoms with E-state index in [-0.39, 0.29) is 17.2 Å². The largest absolute Gasteiger partial charge is 0.380 e. The zero-order valence-corrected chi connectivity index (χ0v) is 9.22. The molecule has 1 aliphatic heterocycles. The van der Waals surface area contributed by atoms with Crippen LogP contribution in [-0.4, -0.2) is 18.8 Å². The van der Waals surface area contributed by atoms with Gasteiger partial charge in [0.2, 0.25) is 0 Å². The molecule has 0 aromatic heterocycles. The standard InChI is InChI=1S/C11H13ClFNO/c1-7-11(4-5-15-7)14-8-2-3-10(13)9(12)6-8/h2-3,6-7,11,14H,4-5H2,1H3/t7-,11+/m1/s1. The predicted octanol–water partition coefficient (Wildman–Crippen LogP) is 3.07. The van der Waals surface area contributed by atoms with E-state index in [2.05, 4.69) is 5.32 Å². The summed E-state index contributed by atoms with van der Waals surface area (Å²) in [5.74, 6) is -0.391. The molecule has 0 radical (unpaired) electrons. The van der Waals surface area contributed by atoms with Crippen LogP contribution in [0.5, 0.6) is 0 Å². The Labute approximate surface area is 93.4 Å². The minimum atomic E-state index is -0.391. The molecule has 4 heteroatoms. The summed E-state index contributed by atoms with van der Waals surface area (Å²) in [6.45, 7) is 2.80. The van der Waals surface area contributed by atoms with E-state index in [4.69, 9.17) is 16.3 Å². The van der Waals surface area contributed by atoms with Crippen LogP contribution in [0.25, 0.3) is 0 Å². The number of anilines is 1. The Balaban J connectivity index is 2.07. The molecule has 2 nitrogen and oxygen atoms in total. The van der Waals surface area contributed by atoms with Crippen LogP contribution in [0.1, 0.15) is 13.3 Å². The Morgan fingerprint density at radius 3 is 2.93 bits per heavy atom. The number of nitrogens with one attached hydrogen (secondary N) is 1. The summed E-state index contributed by atoms with van der Waals surface area (Å²) < 4.78 is 18.3. The van der Waals surface area contributed by atoms with Crippen LogP contribution in [0.15, 0.2) is 18.2 Å². The lowest BCUT2D eigenvalue weighted by atomic mass is 10.1. The molecule has 1 aromatic carbocycles. The van der Waals surface area contributed by atoms with Gasteiger partial charge in [-0.25, -0.2) is 4.39 Å². The molecule has 2 rings (SSSR count). The molecule has 0 aliphatic carbocycles. The van der Waals surface area contributed by atoms with E-state index in [1.807, 2.05) is 6.92 Å². The second kappa shape index (κ2) is 4.37. The summed E-state index contributed by atoms with van der Waals surface area (Å²) >= 11 is 5.69. The first-order valence-corrected chi connectivity index (χ1v) is 5.38. The summed E-state index contributed by atoms with van der Waals surface area (Å²) in [4.78, 5) is 0. The van der Waals surface area contributed by atoms with Crippen molar-refractivity contribution in [2.45, 2.75) is 25.5 Å². The predicted molar refractivity (Wildman–Crippen MR) is 58.9 cm³/mol. The molecule has 15 heavy (non-hydrogen) atoms. The quantitative estimate of drug-likeness (QED) is 0.842. The average Bonchev–Trinajstić information content (AvgIpc) is 2.59. The summed E-state index contributed by atoms with van der Waals surface area (Å²) in [6, 6.07) is 4.94. The molecule has 0 spiro atoms. The molecule has 0 bridgehead atoms. The Kier molecular flexibility index (Phi) is 3.12. The molecule has 1 fully saturated rings. The first-order valence-electron chi connectivity index (χ1n) is 5.00. The number of ether oxygens (including phenoxy) is 1. The maximum absolute atomic E-state index is 12.9. The Bertz CT molecular complexity index is 358. The third-order valence-corrected chi connectivity index (χ3v) is 2.94. The fourth-order valence-corrected chi connectivity index (χ4v) is 1.90. The normalized spacial score (nSPS) is 25.5. The van der Waals surface area contributed by atoms with E-state index < -0.39 is 5.82 Å². The lowest BCUT2D eigenvalue weighted by Crippen LogP contribution is -2.26. The van der Waals surface area contributed by atoms with E-state index in [1.165, 1.54) is 6.07 Å². The smallest absolute Gasteiger partial charge is 0.141 e. The summed E-state index contributed by atoms with van der Waals surface area (Å²) in [5.41, 5.74) is 0.837. The maximum atomic E-state index is 12.9. The molecule has 0 unspecified atom stereocenters. The van der Waals surface area contributed by atoms with E-state index in [1.54, 1.807) is 12.1 Å². The summed E-state index contributed by atoms with van der Waals surface area (Å²) in [5, 5.41) is 3.43. The number of hydrogen-bond acceptors (Lipinski definition) is 2. The highest BCUT2D eigenvalue weighted by Crippen LogP contribution is 2.23. The molecule has 82 valence electrons. The topological polar surface area (TPSA) is 21.3 Å². The monoisotopic (exact) mass is 229 g/mol. The Hall–Kier alpha value is -0.800. The lowest BCUT2D eigenvalue weighted by molar-refractivity contribution is 0.121. The molecule has 1 saturated heterocycles. The van der Waals surface area contributed by atoms with Crippen molar-refractivity contribution in [3.05, 3.63) is 29.0 Å². The van der Waals surface area contributed by atoms with Gasteiger partial charge in [-0.2, -0.15) is 0 Å². The van der Waals surface area contributed by atoms with E-state index in [0.717, 1.165) is 18.7 Å². The van der Waals surface area contributed by atoms with Gasteiger partial charge in [0.1, 0.15) is 5.82 Å². The molecule has 1 heterocycles. The van der Waals surface area contributed by atoms with E-state index in [0.29, 0.717) is 0 Å². The highest BCUT2D eigenvalue weighted by atomic mass is 35.5. The average molecular weight is 230 g/mol. The van der Waals surface area contributed by atoms with Gasteiger partial charge >= 0.3 is 0 Å². The molecule has 0 amide bonds. The van der Waals surface area contributed by atoms with Gasteiger partial charge < -0.3 is 10.1 Å². The zero-order chi connectivity index (χ0) is 10.8. The van der Waals surface area contributed by atoms with Crippen LogP contribution in [0.2, 0.25) is 5.02 Å². The lowest BCUT2D eigenvalue weighted by Gasteiger charge is -2.17. The van der Waals surface area contributed by atoms with Crippen LogP contribution in [0.3, 0.4) is 0 Å². The van der Waals surface area contributed by atoms with Gasteiger partial charge in [-0.1, -0.05) is 11.6 Å². The van der Waals surface area contributed by atoms with Crippen molar-refractivity contribution >= 4 is 17.3 Å². The van der Waals surface area contributed by atoms with Gasteiger partial charge in [0.05, 0.1) is 17.2 Å². The van der Waals surface area contributed by atoms with Gasteiger partial charge in [0, 0.05) is 12.3 Å². The zero-order valence-electron chi connectivity index (χ0n) is 8.47. The van der Waals surface area contributed by atoms with Crippen molar-refractivity contribution in [2.75, 3.05) is 11.9 Å². The third-order valence-electron chi connectivity index (χ3n) is 2.65. The van der Waals surface area contributed by atoms with Crippen molar-refractivity contribution in [2.24, 2.45) is 0 Å². The van der Waals surface area contributed by atoms with Gasteiger partial charge in [-0.3, -0.25) is 0 Å². The number of halogens is 2. The van der Waals surface area contributed by atoms with Crippen molar-refractivity contribution in [1.82, 2.24) is 0 Å². The van der Waals surface area contributed by atoms with Crippen LogP contribution >= 0.6 is 11.6 Å². The van der Waals surface area contributed by atoms with Crippen molar-refractivity contribution in [1.29, 1.82) is 0 Å². The minimum Gasteiger partial charge on any atom is -0.380 e. The fraction of sp³-hybridized carbons (Fsp3) is 0.455. The first-order chi connectivity index (χ1) is 7.16. The van der Waals surface area contributed by atoms with E-state index >= 15 is 0 Å². The summed E-state index contributed by atoms with van der Waals surface area (Å²) in [7, 11) is 0. The van der Waals surface area contributed by atoms with Crippen molar-refractivity contribution < 1.29 is 9.13 Å². The first kappa shape index (κ1) is 10.7. The molecule has 2 atom stereocenters. The third kappa shape index (κ3) is 2.41. The molecular weight excluding hydrogens is 217 g/mol. The van der Waals surface area contributed by atoms with Crippen LogP contribution in [-0.2, 0) is 4.74 Å². The molecule has 0 saturated carbocycles. The summed E-state index contributed by atoms with van der Waals surface area (Å²) in [6.07, 6.45) is 1.16. The Morgan fingerprint density at radius 2 is 2.33 bits per heavy atom. The number of benzene rings is 1. The van der Waals surface area contributed by atoms with Crippen molar-refractivity contribution in [3.63, 3.8) is 0 Å². The molecular formula is C11H13ClFNO. The van der Waals surface area contributed by atoms with Gasteiger partial charge in [-0.15, -0.1) is 0 Å². The maximum Gasteiger partial charge on any atom is 0.141 e. The number of hydrogen-bond donors (Lipinski definition) is 1. The van der Waals surface area contributed by atoms with Gasteiger partial charge in [0.15, 0.2) is 0 Å². The van der Waals surface area contributed by atoms with Crippen LogP contribution in [0, 0.1) is 5.82 Å². The highest BCUT2D eigenvalue weighted by molar-refractivity contribution is 6.31. The second-order valence-corrected chi connectivity index (χ2v) is 4.15. The van der Waals surface area contributed by atoms with Crippen molar-refractivity contribution in [3.8, 4) is 0 Å². The number of rotatable bonds is 2. The molecule has 1 aliphatic rings. The fourth-order valence-electron chi connectivity index (χ4n) is 1.72. The highest BCUT2D eigenvalue weighted by Gasteiger charge is 2.23. The SMILES string of the molecule is C[C@H]1OCC[C@@H]1Nc1ccc(F)c(Cl)c1. The minimum absolute atomic E-state index is 0.145. The van der Waals surface area contributed by atoms with Gasteiger partial charge in [-0.05, 0) is 31.5 Å². The van der Waals surface area contributed by atoms with Gasteiger partial charge in [0.25, 0.3) is 0 Å². The van der Waals surface area contributed by atoms with E-state index in [9.17, 15) is 4.39 Å². The molecule has 1 aromatic rings. The van der Waals surface area contributed by atoms with Crippen LogP contribution in [0.4, 0.5) is 10.1 Å².